The molecular formula is C23H29FN4O5. The van der Waals surface area contributed by atoms with Gasteiger partial charge in [0.15, 0.2) is 5.82 Å². The molecule has 1 aromatic carbocycles. The van der Waals surface area contributed by atoms with Crippen LogP contribution in [0.25, 0.3) is 5.57 Å². The Morgan fingerprint density at radius 1 is 1.24 bits per heavy atom. The van der Waals surface area contributed by atoms with Crippen molar-refractivity contribution in [2.45, 2.75) is 58.0 Å². The molecule has 0 saturated carbocycles. The second-order valence-electron chi connectivity index (χ2n) is 9.53. The molecule has 1 aromatic rings. The van der Waals surface area contributed by atoms with Crippen LogP contribution in [0, 0.1) is 5.82 Å². The van der Waals surface area contributed by atoms with Crippen molar-refractivity contribution in [3.05, 3.63) is 29.6 Å². The van der Waals surface area contributed by atoms with Gasteiger partial charge in [0.05, 0.1) is 5.69 Å². The van der Waals surface area contributed by atoms with Crippen LogP contribution in [0.1, 0.15) is 45.6 Å². The van der Waals surface area contributed by atoms with Gasteiger partial charge >= 0.3 is 6.09 Å². The minimum absolute atomic E-state index is 0.153. The first-order chi connectivity index (χ1) is 15.5. The average Bonchev–Trinajstić information content (AvgIpc) is 2.98. The third kappa shape index (κ3) is 4.27. The van der Waals surface area contributed by atoms with Crippen LogP contribution < -0.4 is 15.1 Å². The Bertz CT molecular complexity index is 1030. The van der Waals surface area contributed by atoms with Crippen LogP contribution in [0.4, 0.5) is 20.6 Å². The van der Waals surface area contributed by atoms with Gasteiger partial charge in [-0.3, -0.25) is 14.9 Å². The molecule has 3 heterocycles. The summed E-state index contributed by atoms with van der Waals surface area (Å²) < 4.78 is 21.1. The number of carbonyl (C=O) groups is 3. The number of aliphatic hydroxyl groups is 1. The Hall–Kier alpha value is -3.14. The van der Waals surface area contributed by atoms with Crippen LogP contribution in [0.15, 0.2) is 18.2 Å². The van der Waals surface area contributed by atoms with Crippen molar-refractivity contribution in [3.8, 4) is 0 Å². The summed E-state index contributed by atoms with van der Waals surface area (Å²) in [7, 11) is 1.56. The number of fused-ring (bicyclic) bond motifs is 1. The van der Waals surface area contributed by atoms with Crippen LogP contribution in [-0.4, -0.2) is 66.0 Å². The number of piperidine rings is 1. The van der Waals surface area contributed by atoms with Gasteiger partial charge in [-0.15, -0.1) is 0 Å². The summed E-state index contributed by atoms with van der Waals surface area (Å²) >= 11 is 0. The van der Waals surface area contributed by atoms with E-state index in [-0.39, 0.29) is 24.4 Å². The normalized spacial score (nSPS) is 23.3. The minimum Gasteiger partial charge on any atom is -0.444 e. The molecule has 1 fully saturated rings. The summed E-state index contributed by atoms with van der Waals surface area (Å²) in [5.74, 6) is -1.36. The highest BCUT2D eigenvalue weighted by Gasteiger charge is 2.43. The monoisotopic (exact) mass is 460 g/mol. The van der Waals surface area contributed by atoms with E-state index in [1.807, 2.05) is 6.08 Å². The molecule has 178 valence electrons. The Kier molecular flexibility index (Phi) is 5.81. The first kappa shape index (κ1) is 23.0. The van der Waals surface area contributed by atoms with E-state index in [2.05, 4.69) is 5.32 Å². The zero-order valence-corrected chi connectivity index (χ0v) is 19.2. The van der Waals surface area contributed by atoms with Crippen LogP contribution in [0.2, 0.25) is 0 Å². The van der Waals surface area contributed by atoms with Crippen molar-refractivity contribution < 1.29 is 28.6 Å². The molecule has 9 nitrogen and oxygen atoms in total. The average molecular weight is 461 g/mol. The van der Waals surface area contributed by atoms with Crippen LogP contribution >= 0.6 is 0 Å². The van der Waals surface area contributed by atoms with E-state index < -0.39 is 35.8 Å². The molecule has 4 rings (SSSR count). The van der Waals surface area contributed by atoms with E-state index in [0.717, 1.165) is 5.57 Å². The van der Waals surface area contributed by atoms with Crippen molar-refractivity contribution in [2.75, 3.05) is 29.9 Å². The second kappa shape index (κ2) is 8.33. The van der Waals surface area contributed by atoms with Gasteiger partial charge in [0.2, 0.25) is 18.2 Å². The first-order valence-electron chi connectivity index (χ1n) is 11.0. The Morgan fingerprint density at radius 2 is 1.97 bits per heavy atom. The second-order valence-corrected chi connectivity index (χ2v) is 9.53. The van der Waals surface area contributed by atoms with E-state index in [4.69, 9.17) is 4.74 Å². The summed E-state index contributed by atoms with van der Waals surface area (Å²) in [4.78, 5) is 40.6. The number of carbonyl (C=O) groups excluding carboxylic acids is 3. The smallest absolute Gasteiger partial charge is 0.410 e. The quantitative estimate of drug-likeness (QED) is 0.653. The fourth-order valence-electron chi connectivity index (χ4n) is 4.46. The SMILES string of the molecule is CN1c2c(ccc(C3=CCN(C(=O)OC(C)(C)C)CC3)c2F)N(C2CCC(=O)NC2=O)C1O. The third-order valence-corrected chi connectivity index (χ3v) is 6.07. The number of halogens is 1. The van der Waals surface area contributed by atoms with Gasteiger partial charge in [0.1, 0.15) is 17.3 Å². The lowest BCUT2D eigenvalue weighted by atomic mass is 9.97. The fraction of sp³-hybridized carbons (Fsp3) is 0.522. The molecular weight excluding hydrogens is 431 g/mol. The maximum atomic E-state index is 15.7. The summed E-state index contributed by atoms with van der Waals surface area (Å²) in [6, 6.07) is 2.54. The topological polar surface area (TPSA) is 102 Å². The minimum atomic E-state index is -1.24. The van der Waals surface area contributed by atoms with Gasteiger partial charge in [-0.2, -0.15) is 0 Å². The standard InChI is InChI=1S/C23H29FN4O5/c1-23(2,3)33-22(32)27-11-9-13(10-12-27)14-5-6-15-19(18(14)24)26(4)21(31)28(15)16-7-8-17(29)25-20(16)30/h5-6,9,16,21,31H,7-8,10-12H2,1-4H3,(H,25,29,30). The number of imide groups is 1. The van der Waals surface area contributed by atoms with E-state index in [9.17, 15) is 19.5 Å². The van der Waals surface area contributed by atoms with Crippen LogP contribution in [0.3, 0.4) is 0 Å². The highest BCUT2D eigenvalue weighted by molar-refractivity contribution is 6.02. The summed E-state index contributed by atoms with van der Waals surface area (Å²) in [5, 5.41) is 13.1. The molecule has 2 unspecified atom stereocenters. The molecule has 3 aliphatic rings. The third-order valence-electron chi connectivity index (χ3n) is 6.07. The number of nitrogens with one attached hydrogen (secondary N) is 1. The van der Waals surface area contributed by atoms with Gasteiger partial charge in [0.25, 0.3) is 0 Å². The molecule has 0 aromatic heterocycles. The molecule has 10 heteroatoms. The molecule has 33 heavy (non-hydrogen) atoms. The van der Waals surface area contributed by atoms with Crippen molar-refractivity contribution in [2.24, 2.45) is 0 Å². The highest BCUT2D eigenvalue weighted by atomic mass is 19.1. The lowest BCUT2D eigenvalue weighted by Gasteiger charge is -2.34. The fourth-order valence-corrected chi connectivity index (χ4v) is 4.46. The lowest BCUT2D eigenvalue weighted by molar-refractivity contribution is -0.134. The van der Waals surface area contributed by atoms with Crippen LogP contribution in [-0.2, 0) is 14.3 Å². The molecule has 0 radical (unpaired) electrons. The van der Waals surface area contributed by atoms with E-state index >= 15 is 4.39 Å². The number of anilines is 2. The molecule has 0 aliphatic carbocycles. The van der Waals surface area contributed by atoms with Gasteiger partial charge in [0, 0.05) is 32.1 Å². The summed E-state index contributed by atoms with van der Waals surface area (Å²) in [6.45, 7) is 6.12. The molecule has 0 bridgehead atoms. The predicted molar refractivity (Wildman–Crippen MR) is 120 cm³/mol. The maximum Gasteiger partial charge on any atom is 0.410 e. The van der Waals surface area contributed by atoms with Crippen molar-refractivity contribution >= 4 is 34.9 Å². The van der Waals surface area contributed by atoms with Crippen molar-refractivity contribution in [1.29, 1.82) is 0 Å². The predicted octanol–water partition coefficient (Wildman–Crippen LogP) is 2.19. The summed E-state index contributed by atoms with van der Waals surface area (Å²) in [5.41, 5.74) is 1.15. The van der Waals surface area contributed by atoms with Crippen molar-refractivity contribution in [3.63, 3.8) is 0 Å². The number of aliphatic hydroxyl groups excluding tert-OH is 1. The first-order valence-corrected chi connectivity index (χ1v) is 11.0. The molecule has 2 atom stereocenters. The zero-order valence-electron chi connectivity index (χ0n) is 19.2. The number of hydrogen-bond donors (Lipinski definition) is 2. The number of rotatable bonds is 2. The Labute approximate surface area is 191 Å². The number of amides is 3. The molecule has 3 aliphatic heterocycles. The summed E-state index contributed by atoms with van der Waals surface area (Å²) in [6.07, 6.45) is 1.01. The molecule has 1 saturated heterocycles. The maximum absolute atomic E-state index is 15.7. The Balaban J connectivity index is 1.58. The molecule has 2 N–H and O–H groups in total. The largest absolute Gasteiger partial charge is 0.444 e. The number of benzene rings is 1. The molecule has 0 spiro atoms. The number of hydrogen-bond acceptors (Lipinski definition) is 7. The zero-order chi connectivity index (χ0) is 24.1. The van der Waals surface area contributed by atoms with E-state index in [1.165, 1.54) is 9.80 Å². The van der Waals surface area contributed by atoms with Gasteiger partial charge in [-0.1, -0.05) is 6.08 Å². The molecule has 3 amide bonds. The lowest BCUT2D eigenvalue weighted by Crippen LogP contribution is -2.56. The van der Waals surface area contributed by atoms with Gasteiger partial charge in [-0.05, 0) is 51.3 Å². The number of ether oxygens (including phenoxy) is 1. The Morgan fingerprint density at radius 3 is 2.58 bits per heavy atom. The van der Waals surface area contributed by atoms with Gasteiger partial charge in [-0.25, -0.2) is 9.18 Å². The van der Waals surface area contributed by atoms with Crippen LogP contribution in [0.5, 0.6) is 0 Å². The van der Waals surface area contributed by atoms with E-state index in [0.29, 0.717) is 30.8 Å². The highest BCUT2D eigenvalue weighted by Crippen LogP contribution is 2.44. The number of nitrogens with zero attached hydrogens (tertiary/aromatic N) is 3. The van der Waals surface area contributed by atoms with E-state index in [1.54, 1.807) is 44.9 Å². The van der Waals surface area contributed by atoms with Crippen molar-refractivity contribution in [1.82, 2.24) is 10.2 Å². The van der Waals surface area contributed by atoms with Gasteiger partial charge < -0.3 is 24.5 Å².